The average Bonchev–Trinajstić information content (AvgIpc) is 2.93. The summed E-state index contributed by atoms with van der Waals surface area (Å²) in [4.78, 5) is 12.9. The number of ether oxygens (including phenoxy) is 3. The molecule has 0 spiro atoms. The molecular formula is C29H34N2O5S. The molecule has 2 amide bonds. The van der Waals surface area contributed by atoms with Crippen LogP contribution >= 0.6 is 11.8 Å². The summed E-state index contributed by atoms with van der Waals surface area (Å²) in [6.07, 6.45) is -0.854. The summed E-state index contributed by atoms with van der Waals surface area (Å²) in [7, 11) is 1.68. The highest BCUT2D eigenvalue weighted by Crippen LogP contribution is 2.43. The minimum atomic E-state index is -0.569. The molecule has 4 unspecified atom stereocenters. The number of urea groups is 1. The smallest absolute Gasteiger partial charge is 0.319 e. The van der Waals surface area contributed by atoms with Gasteiger partial charge in [-0.05, 0) is 42.3 Å². The molecule has 0 aromatic heterocycles. The number of carbonyl (C=O) groups excluding carboxylic acids is 1. The van der Waals surface area contributed by atoms with Gasteiger partial charge in [0.05, 0.1) is 25.9 Å². The fourth-order valence-corrected chi connectivity index (χ4v) is 5.47. The van der Waals surface area contributed by atoms with Crippen LogP contribution in [0.3, 0.4) is 0 Å². The summed E-state index contributed by atoms with van der Waals surface area (Å²) in [5.74, 6) is 1.65. The lowest BCUT2D eigenvalue weighted by Crippen LogP contribution is -2.38. The van der Waals surface area contributed by atoms with Gasteiger partial charge in [-0.1, -0.05) is 55.5 Å². The number of benzene rings is 3. The SMILES string of the molecule is CCNC(=O)Nc1ccc(C2OC(CSc3ccccc3OC)C(C)C(c3ccc(CO)cc3)O2)cc1. The van der Waals surface area contributed by atoms with E-state index in [2.05, 4.69) is 23.6 Å². The van der Waals surface area contributed by atoms with E-state index in [1.54, 1.807) is 18.9 Å². The number of anilines is 1. The lowest BCUT2D eigenvalue weighted by atomic mass is 9.91. The number of hydrogen-bond donors (Lipinski definition) is 3. The Hall–Kier alpha value is -3.04. The van der Waals surface area contributed by atoms with Gasteiger partial charge in [0.1, 0.15) is 5.75 Å². The number of amides is 2. The molecule has 0 radical (unpaired) electrons. The first-order valence-corrected chi connectivity index (χ1v) is 13.4. The van der Waals surface area contributed by atoms with E-state index in [1.807, 2.05) is 73.7 Å². The van der Waals surface area contributed by atoms with Crippen LogP contribution in [-0.4, -0.2) is 36.6 Å². The van der Waals surface area contributed by atoms with E-state index in [9.17, 15) is 9.90 Å². The van der Waals surface area contributed by atoms with E-state index in [-0.39, 0.29) is 30.8 Å². The van der Waals surface area contributed by atoms with Crippen molar-refractivity contribution in [2.75, 3.05) is 24.7 Å². The molecule has 196 valence electrons. The number of rotatable bonds is 9. The Balaban J connectivity index is 1.55. The van der Waals surface area contributed by atoms with Gasteiger partial charge >= 0.3 is 6.03 Å². The van der Waals surface area contributed by atoms with Gasteiger partial charge in [0.15, 0.2) is 6.29 Å². The number of carbonyl (C=O) groups is 1. The molecule has 1 heterocycles. The normalized spacial score (nSPS) is 21.3. The Kier molecular flexibility index (Phi) is 9.46. The molecular weight excluding hydrogens is 488 g/mol. The molecule has 3 N–H and O–H groups in total. The van der Waals surface area contributed by atoms with E-state index in [4.69, 9.17) is 14.2 Å². The van der Waals surface area contributed by atoms with Gasteiger partial charge in [-0.15, -0.1) is 11.8 Å². The van der Waals surface area contributed by atoms with Gasteiger partial charge in [0, 0.05) is 34.4 Å². The Morgan fingerprint density at radius 2 is 1.70 bits per heavy atom. The van der Waals surface area contributed by atoms with Crippen LogP contribution in [0.4, 0.5) is 10.5 Å². The highest BCUT2D eigenvalue weighted by atomic mass is 32.2. The zero-order valence-electron chi connectivity index (χ0n) is 21.3. The second kappa shape index (κ2) is 13.0. The quantitative estimate of drug-likeness (QED) is 0.303. The Labute approximate surface area is 222 Å². The number of hydrogen-bond acceptors (Lipinski definition) is 6. The van der Waals surface area contributed by atoms with Crippen molar-refractivity contribution in [1.82, 2.24) is 5.32 Å². The van der Waals surface area contributed by atoms with Crippen LogP contribution in [0.1, 0.15) is 42.9 Å². The van der Waals surface area contributed by atoms with E-state index in [0.717, 1.165) is 33.1 Å². The van der Waals surface area contributed by atoms with Gasteiger partial charge in [0.2, 0.25) is 0 Å². The molecule has 8 heteroatoms. The number of methoxy groups -OCH3 is 1. The lowest BCUT2D eigenvalue weighted by molar-refractivity contribution is -0.268. The predicted molar refractivity (Wildman–Crippen MR) is 146 cm³/mol. The zero-order valence-corrected chi connectivity index (χ0v) is 22.2. The summed E-state index contributed by atoms with van der Waals surface area (Å²) in [5.41, 5.74) is 3.47. The first kappa shape index (κ1) is 27.0. The van der Waals surface area contributed by atoms with Crippen LogP contribution in [-0.2, 0) is 16.1 Å². The standard InChI is InChI=1S/C29H34N2O5S/c1-4-30-29(33)31-23-15-13-22(14-16-23)28-35-25(18-37-26-8-6-5-7-24(26)34-3)19(2)27(36-28)21-11-9-20(17-32)10-12-21/h5-16,19,25,27-28,32H,4,17-18H2,1-3H3,(H2,30,31,33). The van der Waals surface area contributed by atoms with Crippen LogP contribution in [0.15, 0.2) is 77.7 Å². The van der Waals surface area contributed by atoms with E-state index in [0.29, 0.717) is 12.2 Å². The summed E-state index contributed by atoms with van der Waals surface area (Å²) in [6.45, 7) is 4.58. The van der Waals surface area contributed by atoms with Gasteiger partial charge in [-0.25, -0.2) is 4.79 Å². The molecule has 7 nitrogen and oxygen atoms in total. The van der Waals surface area contributed by atoms with Crippen molar-refractivity contribution >= 4 is 23.5 Å². The summed E-state index contributed by atoms with van der Waals surface area (Å²) in [6, 6.07) is 23.1. The topological polar surface area (TPSA) is 89.1 Å². The first-order valence-electron chi connectivity index (χ1n) is 12.4. The third kappa shape index (κ3) is 6.84. The Morgan fingerprint density at radius 1 is 1.00 bits per heavy atom. The molecule has 0 aliphatic carbocycles. The molecule has 1 aliphatic rings. The van der Waals surface area contributed by atoms with E-state index >= 15 is 0 Å². The number of thioether (sulfide) groups is 1. The van der Waals surface area contributed by atoms with Crippen molar-refractivity contribution in [2.24, 2.45) is 5.92 Å². The highest BCUT2D eigenvalue weighted by Gasteiger charge is 2.38. The zero-order chi connectivity index (χ0) is 26.2. The molecule has 0 saturated carbocycles. The fraction of sp³-hybridized carbons (Fsp3) is 0.345. The van der Waals surface area contributed by atoms with Gasteiger partial charge < -0.3 is 30.0 Å². The fourth-order valence-electron chi connectivity index (χ4n) is 4.28. The molecule has 4 rings (SSSR count). The molecule has 3 aromatic carbocycles. The minimum absolute atomic E-state index is 0.00191. The van der Waals surface area contributed by atoms with E-state index < -0.39 is 6.29 Å². The molecule has 0 bridgehead atoms. The Bertz CT molecular complexity index is 1160. The average molecular weight is 523 g/mol. The highest BCUT2D eigenvalue weighted by molar-refractivity contribution is 7.99. The third-order valence-electron chi connectivity index (χ3n) is 6.37. The number of aliphatic hydroxyl groups excluding tert-OH is 1. The summed E-state index contributed by atoms with van der Waals surface area (Å²) in [5, 5.41) is 15.0. The second-order valence-electron chi connectivity index (χ2n) is 8.89. The molecule has 1 saturated heterocycles. The lowest BCUT2D eigenvalue weighted by Gasteiger charge is -2.41. The summed E-state index contributed by atoms with van der Waals surface area (Å²) < 4.78 is 18.6. The number of aliphatic hydroxyl groups is 1. The number of nitrogens with one attached hydrogen (secondary N) is 2. The minimum Gasteiger partial charge on any atom is -0.496 e. The summed E-state index contributed by atoms with van der Waals surface area (Å²) >= 11 is 1.70. The van der Waals surface area contributed by atoms with Crippen molar-refractivity contribution in [3.05, 3.63) is 89.5 Å². The molecule has 37 heavy (non-hydrogen) atoms. The maximum Gasteiger partial charge on any atom is 0.319 e. The van der Waals surface area contributed by atoms with Crippen LogP contribution < -0.4 is 15.4 Å². The van der Waals surface area contributed by atoms with Gasteiger partial charge in [-0.2, -0.15) is 0 Å². The second-order valence-corrected chi connectivity index (χ2v) is 9.95. The van der Waals surface area contributed by atoms with Gasteiger partial charge in [-0.3, -0.25) is 0 Å². The number of para-hydroxylation sites is 1. The van der Waals surface area contributed by atoms with Crippen molar-refractivity contribution in [1.29, 1.82) is 0 Å². The van der Waals surface area contributed by atoms with Crippen LogP contribution in [0, 0.1) is 5.92 Å². The van der Waals surface area contributed by atoms with Crippen LogP contribution in [0.25, 0.3) is 0 Å². The van der Waals surface area contributed by atoms with Crippen molar-refractivity contribution in [2.45, 2.75) is 43.8 Å². The van der Waals surface area contributed by atoms with Crippen molar-refractivity contribution in [3.63, 3.8) is 0 Å². The maximum absolute atomic E-state index is 11.9. The third-order valence-corrected chi connectivity index (χ3v) is 7.52. The van der Waals surface area contributed by atoms with E-state index in [1.165, 1.54) is 0 Å². The van der Waals surface area contributed by atoms with Crippen molar-refractivity contribution < 1.29 is 24.1 Å². The largest absolute Gasteiger partial charge is 0.496 e. The van der Waals surface area contributed by atoms with Gasteiger partial charge in [0.25, 0.3) is 0 Å². The molecule has 1 fully saturated rings. The molecule has 3 aromatic rings. The molecule has 1 aliphatic heterocycles. The monoisotopic (exact) mass is 522 g/mol. The van der Waals surface area contributed by atoms with Crippen LogP contribution in [0.2, 0.25) is 0 Å². The maximum atomic E-state index is 11.9. The Morgan fingerprint density at radius 3 is 2.38 bits per heavy atom. The van der Waals surface area contributed by atoms with Crippen LogP contribution in [0.5, 0.6) is 5.75 Å². The van der Waals surface area contributed by atoms with Crippen molar-refractivity contribution in [3.8, 4) is 5.75 Å². The molecule has 4 atom stereocenters. The predicted octanol–water partition coefficient (Wildman–Crippen LogP) is 5.91. The first-order chi connectivity index (χ1) is 18.0.